The van der Waals surface area contributed by atoms with Gasteiger partial charge in [0.05, 0.1) is 16.9 Å². The molecular formula is C19H22N4O2S. The van der Waals surface area contributed by atoms with Gasteiger partial charge in [0.2, 0.25) is 10.0 Å². The van der Waals surface area contributed by atoms with Crippen molar-refractivity contribution in [1.29, 1.82) is 0 Å². The summed E-state index contributed by atoms with van der Waals surface area (Å²) in [7, 11) is -1.95. The molecule has 1 heterocycles. The molecule has 0 saturated carbocycles. The molecule has 0 unspecified atom stereocenters. The lowest BCUT2D eigenvalue weighted by molar-refractivity contribution is 0.597. The van der Waals surface area contributed by atoms with Crippen molar-refractivity contribution in [3.8, 4) is 11.3 Å². The zero-order valence-corrected chi connectivity index (χ0v) is 15.8. The summed E-state index contributed by atoms with van der Waals surface area (Å²) < 4.78 is 25.7. The van der Waals surface area contributed by atoms with Gasteiger partial charge in [0.25, 0.3) is 0 Å². The van der Waals surface area contributed by atoms with E-state index in [0.29, 0.717) is 11.3 Å². The number of anilines is 1. The molecule has 6 nitrogen and oxygen atoms in total. The molecule has 0 aliphatic carbocycles. The van der Waals surface area contributed by atoms with Gasteiger partial charge in [0, 0.05) is 30.5 Å². The van der Waals surface area contributed by atoms with Crippen molar-refractivity contribution < 1.29 is 8.42 Å². The summed E-state index contributed by atoms with van der Waals surface area (Å²) in [6.07, 6.45) is 3.54. The lowest BCUT2D eigenvalue weighted by Crippen LogP contribution is -2.15. The number of benzene rings is 2. The smallest absolute Gasteiger partial charge is 0.238 e. The number of nitrogens with one attached hydrogen (secondary N) is 1. The third kappa shape index (κ3) is 3.63. The van der Waals surface area contributed by atoms with E-state index in [9.17, 15) is 8.42 Å². The van der Waals surface area contributed by atoms with Gasteiger partial charge in [-0.3, -0.25) is 0 Å². The molecule has 0 amide bonds. The van der Waals surface area contributed by atoms with E-state index < -0.39 is 10.0 Å². The first kappa shape index (κ1) is 18.2. The van der Waals surface area contributed by atoms with Crippen LogP contribution >= 0.6 is 0 Å². The Hall–Kier alpha value is -2.64. The molecule has 1 atom stereocenters. The summed E-state index contributed by atoms with van der Waals surface area (Å²) in [5.74, 6) is 0. The van der Waals surface area contributed by atoms with E-state index in [1.807, 2.05) is 48.1 Å². The largest absolute Gasteiger partial charge is 0.378 e. The Morgan fingerprint density at radius 1 is 1.15 bits per heavy atom. The summed E-state index contributed by atoms with van der Waals surface area (Å²) in [6, 6.07) is 13.4. The number of imidazole rings is 1. The fourth-order valence-electron chi connectivity index (χ4n) is 3.05. The van der Waals surface area contributed by atoms with Crippen molar-refractivity contribution >= 4 is 15.7 Å². The maximum atomic E-state index is 11.9. The molecule has 0 bridgehead atoms. The molecule has 1 aromatic heterocycles. The Balaban J connectivity index is 2.11. The van der Waals surface area contributed by atoms with Gasteiger partial charge in [0.1, 0.15) is 0 Å². The Bertz CT molecular complexity index is 1030. The van der Waals surface area contributed by atoms with Gasteiger partial charge in [-0.05, 0) is 37.1 Å². The van der Waals surface area contributed by atoms with Gasteiger partial charge >= 0.3 is 0 Å². The van der Waals surface area contributed by atoms with E-state index in [1.54, 1.807) is 19.3 Å². The monoisotopic (exact) mass is 370 g/mol. The van der Waals surface area contributed by atoms with Crippen molar-refractivity contribution in [3.63, 3.8) is 0 Å². The highest BCUT2D eigenvalue weighted by molar-refractivity contribution is 7.89. The van der Waals surface area contributed by atoms with Crippen LogP contribution in [0.15, 0.2) is 59.9 Å². The van der Waals surface area contributed by atoms with Gasteiger partial charge in [-0.1, -0.05) is 30.3 Å². The van der Waals surface area contributed by atoms with Crippen LogP contribution in [0.4, 0.5) is 5.69 Å². The van der Waals surface area contributed by atoms with E-state index in [-0.39, 0.29) is 10.9 Å². The summed E-state index contributed by atoms with van der Waals surface area (Å²) in [5, 5.41) is 8.85. The fourth-order valence-corrected chi connectivity index (χ4v) is 3.84. The minimum atomic E-state index is -3.82. The molecule has 0 aliphatic rings. The average Bonchev–Trinajstić information content (AvgIpc) is 3.00. The molecule has 136 valence electrons. The quantitative estimate of drug-likeness (QED) is 0.721. The van der Waals surface area contributed by atoms with Crippen LogP contribution in [0.1, 0.15) is 24.1 Å². The number of nitrogens with zero attached hydrogens (tertiary/aromatic N) is 2. The van der Waals surface area contributed by atoms with Crippen molar-refractivity contribution in [2.45, 2.75) is 24.8 Å². The lowest BCUT2D eigenvalue weighted by Gasteiger charge is -2.20. The summed E-state index contributed by atoms with van der Waals surface area (Å²) >= 11 is 0. The van der Waals surface area contributed by atoms with Crippen LogP contribution in [0, 0.1) is 6.92 Å². The van der Waals surface area contributed by atoms with Gasteiger partial charge in [-0.25, -0.2) is 18.5 Å². The summed E-state index contributed by atoms with van der Waals surface area (Å²) in [4.78, 5) is 4.51. The van der Waals surface area contributed by atoms with Crippen LogP contribution in [0.2, 0.25) is 0 Å². The molecule has 3 aromatic rings. The first-order chi connectivity index (χ1) is 12.3. The maximum Gasteiger partial charge on any atom is 0.238 e. The number of nitrogens with two attached hydrogens (primary N) is 1. The number of sulfonamides is 1. The second-order valence-electron chi connectivity index (χ2n) is 6.36. The highest BCUT2D eigenvalue weighted by Gasteiger charge is 2.20. The molecule has 7 heteroatoms. The molecule has 0 aliphatic heterocycles. The highest BCUT2D eigenvalue weighted by Crippen LogP contribution is 2.35. The Kier molecular flexibility index (Phi) is 4.84. The van der Waals surface area contributed by atoms with E-state index in [4.69, 9.17) is 5.14 Å². The molecular weight excluding hydrogens is 348 g/mol. The minimum Gasteiger partial charge on any atom is -0.378 e. The number of hydrogen-bond acceptors (Lipinski definition) is 4. The molecule has 0 spiro atoms. The normalized spacial score (nSPS) is 12.8. The number of aryl methyl sites for hydroxylation is 1. The highest BCUT2D eigenvalue weighted by atomic mass is 32.2. The summed E-state index contributed by atoms with van der Waals surface area (Å²) in [6.45, 7) is 3.81. The van der Waals surface area contributed by atoms with Crippen LogP contribution in [-0.4, -0.2) is 18.0 Å². The first-order valence-corrected chi connectivity index (χ1v) is 9.78. The molecule has 2 aromatic carbocycles. The number of primary sulfonamides is 1. The average molecular weight is 370 g/mol. The van der Waals surface area contributed by atoms with Crippen LogP contribution < -0.4 is 10.5 Å². The minimum absolute atomic E-state index is 0.0402. The number of aromatic nitrogens is 2. The topological polar surface area (TPSA) is 90.0 Å². The maximum absolute atomic E-state index is 11.9. The van der Waals surface area contributed by atoms with Gasteiger partial charge < -0.3 is 9.88 Å². The molecule has 3 N–H and O–H groups in total. The number of hydrogen-bond donors (Lipinski definition) is 2. The van der Waals surface area contributed by atoms with Crippen molar-refractivity contribution in [1.82, 2.24) is 9.55 Å². The zero-order valence-electron chi connectivity index (χ0n) is 15.0. The van der Waals surface area contributed by atoms with Crippen molar-refractivity contribution in [2.75, 3.05) is 5.32 Å². The van der Waals surface area contributed by atoms with Crippen molar-refractivity contribution in [3.05, 3.63) is 66.1 Å². The van der Waals surface area contributed by atoms with Crippen molar-refractivity contribution in [2.24, 2.45) is 12.2 Å². The molecule has 26 heavy (non-hydrogen) atoms. The van der Waals surface area contributed by atoms with Crippen LogP contribution in [0.25, 0.3) is 11.3 Å². The Morgan fingerprint density at radius 2 is 1.85 bits per heavy atom. The molecule has 0 saturated heterocycles. The number of rotatable bonds is 5. The second-order valence-corrected chi connectivity index (χ2v) is 7.89. The summed E-state index contributed by atoms with van der Waals surface area (Å²) in [5.41, 5.74) is 3.95. The third-order valence-corrected chi connectivity index (χ3v) is 5.41. The molecule has 3 rings (SSSR count). The molecule has 0 fully saturated rings. The lowest BCUT2D eigenvalue weighted by atomic mass is 10.0. The molecule has 0 radical (unpaired) electrons. The van der Waals surface area contributed by atoms with Gasteiger partial charge in [-0.2, -0.15) is 0 Å². The van der Waals surface area contributed by atoms with Crippen LogP contribution in [-0.2, 0) is 17.1 Å². The standard InChI is InChI=1S/C19H22N4O2S/c1-13-18(26(20,24)25)10-9-16(19(13)17-11-23(3)12-21-17)22-14(2)15-7-5-4-6-8-15/h4-12,14,22H,1-3H3,(H2,20,24,25)/t14-/m0/s1. The Labute approximate surface area is 153 Å². The van der Waals surface area contributed by atoms with E-state index in [2.05, 4.69) is 17.2 Å². The van der Waals surface area contributed by atoms with Gasteiger partial charge in [-0.15, -0.1) is 0 Å². The predicted molar refractivity (Wildman–Crippen MR) is 103 cm³/mol. The van der Waals surface area contributed by atoms with E-state index >= 15 is 0 Å². The first-order valence-electron chi connectivity index (χ1n) is 8.23. The fraction of sp³-hybridized carbons (Fsp3) is 0.211. The van der Waals surface area contributed by atoms with Crippen LogP contribution in [0.3, 0.4) is 0 Å². The zero-order chi connectivity index (χ0) is 18.9. The van der Waals surface area contributed by atoms with Gasteiger partial charge in [0.15, 0.2) is 0 Å². The van der Waals surface area contributed by atoms with Crippen LogP contribution in [0.5, 0.6) is 0 Å². The third-order valence-electron chi connectivity index (χ3n) is 4.35. The van der Waals surface area contributed by atoms with E-state index in [0.717, 1.165) is 16.8 Å². The van der Waals surface area contributed by atoms with E-state index in [1.165, 1.54) is 6.07 Å². The Morgan fingerprint density at radius 3 is 2.42 bits per heavy atom. The predicted octanol–water partition coefficient (Wildman–Crippen LogP) is 3.22. The second kappa shape index (κ2) is 6.93. The SMILES string of the molecule is Cc1c(S(N)(=O)=O)ccc(N[C@@H](C)c2ccccc2)c1-c1cn(C)cn1.